The van der Waals surface area contributed by atoms with E-state index in [1.54, 1.807) is 0 Å². The molecular formula is C14H22N2O2. The van der Waals surface area contributed by atoms with E-state index in [9.17, 15) is 0 Å². The summed E-state index contributed by atoms with van der Waals surface area (Å²) >= 11 is 0. The van der Waals surface area contributed by atoms with E-state index < -0.39 is 0 Å². The maximum absolute atomic E-state index is 5.71. The molecule has 1 saturated heterocycles. The molecule has 100 valence electrons. The molecule has 1 aromatic carbocycles. The fraction of sp³-hybridized carbons (Fsp3) is 0.571. The van der Waals surface area contributed by atoms with Crippen LogP contribution in [-0.4, -0.2) is 43.9 Å². The zero-order chi connectivity index (χ0) is 12.8. The quantitative estimate of drug-likeness (QED) is 0.827. The van der Waals surface area contributed by atoms with Gasteiger partial charge in [0.15, 0.2) is 0 Å². The zero-order valence-electron chi connectivity index (χ0n) is 11.0. The molecule has 1 aliphatic rings. The summed E-state index contributed by atoms with van der Waals surface area (Å²) in [6.45, 7) is 6.69. The van der Waals surface area contributed by atoms with Gasteiger partial charge in [0.2, 0.25) is 0 Å². The lowest BCUT2D eigenvalue weighted by Gasteiger charge is -2.21. The van der Waals surface area contributed by atoms with E-state index in [1.165, 1.54) is 0 Å². The number of hydrogen-bond acceptors (Lipinski definition) is 4. The van der Waals surface area contributed by atoms with Crippen LogP contribution in [0.25, 0.3) is 0 Å². The standard InChI is InChI=1S/C14H22N2O2/c1-12-11-16(6-3-8-17-12)7-9-18-14-5-2-4-13(15)10-14/h2,4-5,10,12H,3,6-9,11,15H2,1H3. The molecule has 0 saturated carbocycles. The first-order valence-electron chi connectivity index (χ1n) is 6.56. The molecule has 1 aliphatic heterocycles. The first-order valence-corrected chi connectivity index (χ1v) is 6.56. The first kappa shape index (κ1) is 13.2. The van der Waals surface area contributed by atoms with Crippen molar-refractivity contribution >= 4 is 5.69 Å². The molecule has 0 spiro atoms. The lowest BCUT2D eigenvalue weighted by Crippen LogP contribution is -2.33. The molecule has 0 aliphatic carbocycles. The number of hydrogen-bond donors (Lipinski definition) is 1. The van der Waals surface area contributed by atoms with Crippen LogP contribution in [0.5, 0.6) is 5.75 Å². The molecule has 1 heterocycles. The minimum absolute atomic E-state index is 0.319. The Balaban J connectivity index is 1.74. The van der Waals surface area contributed by atoms with Crippen LogP contribution in [0.1, 0.15) is 13.3 Å². The summed E-state index contributed by atoms with van der Waals surface area (Å²) in [4.78, 5) is 2.39. The summed E-state index contributed by atoms with van der Waals surface area (Å²) in [5.74, 6) is 0.842. The molecule has 18 heavy (non-hydrogen) atoms. The molecule has 1 unspecified atom stereocenters. The van der Waals surface area contributed by atoms with Crippen molar-refractivity contribution < 1.29 is 9.47 Å². The van der Waals surface area contributed by atoms with E-state index in [2.05, 4.69) is 11.8 Å². The van der Waals surface area contributed by atoms with Gasteiger partial charge in [-0.3, -0.25) is 4.90 Å². The Morgan fingerprint density at radius 2 is 2.39 bits per heavy atom. The van der Waals surface area contributed by atoms with Gasteiger partial charge in [0.05, 0.1) is 6.10 Å². The van der Waals surface area contributed by atoms with Crippen molar-refractivity contribution in [2.24, 2.45) is 0 Å². The van der Waals surface area contributed by atoms with Gasteiger partial charge in [0.1, 0.15) is 12.4 Å². The highest BCUT2D eigenvalue weighted by Crippen LogP contribution is 2.14. The number of benzene rings is 1. The number of anilines is 1. The van der Waals surface area contributed by atoms with Gasteiger partial charge < -0.3 is 15.2 Å². The molecular weight excluding hydrogens is 228 g/mol. The second-order valence-corrected chi connectivity index (χ2v) is 4.76. The van der Waals surface area contributed by atoms with Gasteiger partial charge in [0.25, 0.3) is 0 Å². The highest BCUT2D eigenvalue weighted by Gasteiger charge is 2.14. The summed E-state index contributed by atoms with van der Waals surface area (Å²) in [6, 6.07) is 7.56. The van der Waals surface area contributed by atoms with E-state index in [1.807, 2.05) is 24.3 Å². The highest BCUT2D eigenvalue weighted by molar-refractivity contribution is 5.43. The fourth-order valence-electron chi connectivity index (χ4n) is 2.18. The Hall–Kier alpha value is -1.26. The Bertz CT molecular complexity index is 371. The summed E-state index contributed by atoms with van der Waals surface area (Å²) < 4.78 is 11.3. The lowest BCUT2D eigenvalue weighted by molar-refractivity contribution is 0.0658. The van der Waals surface area contributed by atoms with Crippen LogP contribution >= 0.6 is 0 Å². The average molecular weight is 250 g/mol. The Morgan fingerprint density at radius 3 is 3.22 bits per heavy atom. The molecule has 2 N–H and O–H groups in total. The SMILES string of the molecule is CC1CN(CCOc2cccc(N)c2)CCCO1. The van der Waals surface area contributed by atoms with Crippen molar-refractivity contribution in [3.05, 3.63) is 24.3 Å². The fourth-order valence-corrected chi connectivity index (χ4v) is 2.18. The number of nitrogens with zero attached hydrogens (tertiary/aromatic N) is 1. The molecule has 1 fully saturated rings. The van der Waals surface area contributed by atoms with Crippen molar-refractivity contribution in [1.82, 2.24) is 4.90 Å². The van der Waals surface area contributed by atoms with Crippen LogP contribution in [0.4, 0.5) is 5.69 Å². The maximum atomic E-state index is 5.71. The smallest absolute Gasteiger partial charge is 0.121 e. The first-order chi connectivity index (χ1) is 8.74. The van der Waals surface area contributed by atoms with Crippen molar-refractivity contribution in [1.29, 1.82) is 0 Å². The van der Waals surface area contributed by atoms with Gasteiger partial charge in [-0.1, -0.05) is 6.07 Å². The molecule has 4 heteroatoms. The van der Waals surface area contributed by atoms with Crippen LogP contribution in [-0.2, 0) is 4.74 Å². The molecule has 1 aromatic rings. The second kappa shape index (κ2) is 6.61. The van der Waals surface area contributed by atoms with E-state index in [4.69, 9.17) is 15.2 Å². The number of ether oxygens (including phenoxy) is 2. The third-order valence-corrected chi connectivity index (χ3v) is 3.07. The topological polar surface area (TPSA) is 47.7 Å². The van der Waals surface area contributed by atoms with Gasteiger partial charge >= 0.3 is 0 Å². The highest BCUT2D eigenvalue weighted by atomic mass is 16.5. The van der Waals surface area contributed by atoms with Crippen LogP contribution < -0.4 is 10.5 Å². The van der Waals surface area contributed by atoms with Crippen LogP contribution in [0.3, 0.4) is 0 Å². The van der Waals surface area contributed by atoms with E-state index in [0.29, 0.717) is 12.7 Å². The Labute approximate surface area is 109 Å². The van der Waals surface area contributed by atoms with Crippen molar-refractivity contribution in [2.45, 2.75) is 19.4 Å². The normalized spacial score (nSPS) is 21.5. The minimum Gasteiger partial charge on any atom is -0.492 e. The third kappa shape index (κ3) is 4.20. The van der Waals surface area contributed by atoms with Crippen molar-refractivity contribution in [3.63, 3.8) is 0 Å². The zero-order valence-corrected chi connectivity index (χ0v) is 11.0. The van der Waals surface area contributed by atoms with E-state index in [0.717, 1.165) is 44.1 Å². The van der Waals surface area contributed by atoms with Gasteiger partial charge in [0, 0.05) is 38.0 Å². The molecule has 1 atom stereocenters. The van der Waals surface area contributed by atoms with Crippen LogP contribution in [0, 0.1) is 0 Å². The summed E-state index contributed by atoms with van der Waals surface area (Å²) in [7, 11) is 0. The van der Waals surface area contributed by atoms with Gasteiger partial charge in [-0.25, -0.2) is 0 Å². The van der Waals surface area contributed by atoms with Crippen LogP contribution in [0.2, 0.25) is 0 Å². The number of nitrogen functional groups attached to an aromatic ring is 1. The Kier molecular flexibility index (Phi) is 4.84. The van der Waals surface area contributed by atoms with E-state index >= 15 is 0 Å². The van der Waals surface area contributed by atoms with Gasteiger partial charge in [-0.05, 0) is 25.5 Å². The molecule has 0 radical (unpaired) electrons. The maximum Gasteiger partial charge on any atom is 0.121 e. The molecule has 0 bridgehead atoms. The second-order valence-electron chi connectivity index (χ2n) is 4.76. The summed E-state index contributed by atoms with van der Waals surface area (Å²) in [5, 5.41) is 0. The molecule has 0 amide bonds. The Morgan fingerprint density at radius 1 is 1.50 bits per heavy atom. The molecule has 0 aromatic heterocycles. The molecule has 2 rings (SSSR count). The molecule has 4 nitrogen and oxygen atoms in total. The minimum atomic E-state index is 0.319. The number of nitrogens with two attached hydrogens (primary N) is 1. The third-order valence-electron chi connectivity index (χ3n) is 3.07. The average Bonchev–Trinajstić information content (AvgIpc) is 2.54. The van der Waals surface area contributed by atoms with Crippen molar-refractivity contribution in [3.8, 4) is 5.75 Å². The summed E-state index contributed by atoms with van der Waals surface area (Å²) in [6.07, 6.45) is 1.42. The van der Waals surface area contributed by atoms with E-state index in [-0.39, 0.29) is 0 Å². The van der Waals surface area contributed by atoms with Crippen molar-refractivity contribution in [2.75, 3.05) is 38.6 Å². The number of rotatable bonds is 4. The lowest BCUT2D eigenvalue weighted by atomic mass is 10.3. The van der Waals surface area contributed by atoms with Crippen LogP contribution in [0.15, 0.2) is 24.3 Å². The summed E-state index contributed by atoms with van der Waals surface area (Å²) in [5.41, 5.74) is 6.45. The van der Waals surface area contributed by atoms with Gasteiger partial charge in [-0.2, -0.15) is 0 Å². The monoisotopic (exact) mass is 250 g/mol. The van der Waals surface area contributed by atoms with Gasteiger partial charge in [-0.15, -0.1) is 0 Å². The predicted octanol–water partition coefficient (Wildman–Crippen LogP) is 1.76. The predicted molar refractivity (Wildman–Crippen MR) is 72.8 cm³/mol. The largest absolute Gasteiger partial charge is 0.492 e.